The molecule has 1 saturated carbocycles. The van der Waals surface area contributed by atoms with E-state index in [1.807, 2.05) is 6.26 Å². The lowest BCUT2D eigenvalue weighted by Gasteiger charge is -2.12. The van der Waals surface area contributed by atoms with E-state index >= 15 is 0 Å². The van der Waals surface area contributed by atoms with Crippen LogP contribution in [0.25, 0.3) is 0 Å². The lowest BCUT2D eigenvalue weighted by Crippen LogP contribution is -2.27. The van der Waals surface area contributed by atoms with E-state index in [4.69, 9.17) is 4.84 Å². The summed E-state index contributed by atoms with van der Waals surface area (Å²) < 4.78 is 0. The van der Waals surface area contributed by atoms with Crippen LogP contribution < -0.4 is 0 Å². The third-order valence-electron chi connectivity index (χ3n) is 1.94. The van der Waals surface area contributed by atoms with Crippen molar-refractivity contribution in [2.75, 3.05) is 20.4 Å². The maximum Gasteiger partial charge on any atom is 0.250 e. The van der Waals surface area contributed by atoms with Gasteiger partial charge in [-0.3, -0.25) is 9.63 Å². The van der Waals surface area contributed by atoms with Gasteiger partial charge in [0.25, 0.3) is 0 Å². The van der Waals surface area contributed by atoms with Crippen LogP contribution >= 0.6 is 11.8 Å². The number of rotatable bonds is 3. The molecule has 0 bridgehead atoms. The van der Waals surface area contributed by atoms with Gasteiger partial charge in [0.2, 0.25) is 5.91 Å². The van der Waals surface area contributed by atoms with E-state index in [2.05, 4.69) is 0 Å². The number of nitrogens with zero attached hydrogens (tertiary/aromatic N) is 1. The molecule has 4 heteroatoms. The first kappa shape index (κ1) is 8.87. The Bertz CT molecular complexity index is 163. The summed E-state index contributed by atoms with van der Waals surface area (Å²) in [6, 6.07) is 0. The lowest BCUT2D eigenvalue weighted by atomic mass is 10.4. The van der Waals surface area contributed by atoms with Gasteiger partial charge < -0.3 is 0 Å². The van der Waals surface area contributed by atoms with Crippen molar-refractivity contribution in [1.82, 2.24) is 5.06 Å². The van der Waals surface area contributed by atoms with Crippen molar-refractivity contribution in [3.8, 4) is 0 Å². The van der Waals surface area contributed by atoms with E-state index in [1.54, 1.807) is 18.8 Å². The van der Waals surface area contributed by atoms with Crippen molar-refractivity contribution < 1.29 is 9.63 Å². The van der Waals surface area contributed by atoms with Crippen LogP contribution in [0.1, 0.15) is 6.42 Å². The zero-order chi connectivity index (χ0) is 8.43. The second-order valence-electron chi connectivity index (χ2n) is 2.63. The van der Waals surface area contributed by atoms with E-state index < -0.39 is 0 Å². The molecule has 2 unspecified atom stereocenters. The van der Waals surface area contributed by atoms with Crippen LogP contribution in [0.5, 0.6) is 0 Å². The molecular weight excluding hydrogens is 162 g/mol. The molecule has 1 amide bonds. The van der Waals surface area contributed by atoms with Gasteiger partial charge in [-0.1, -0.05) is 0 Å². The van der Waals surface area contributed by atoms with Crippen molar-refractivity contribution in [1.29, 1.82) is 0 Å². The Morgan fingerprint density at radius 3 is 2.73 bits per heavy atom. The number of hydroxylamine groups is 2. The molecule has 0 aromatic heterocycles. The van der Waals surface area contributed by atoms with Gasteiger partial charge in [-0.05, 0) is 12.7 Å². The van der Waals surface area contributed by atoms with E-state index in [9.17, 15) is 4.79 Å². The molecule has 1 rings (SSSR count). The van der Waals surface area contributed by atoms with Crippen LogP contribution in [-0.2, 0) is 9.63 Å². The minimum Gasteiger partial charge on any atom is -0.275 e. The zero-order valence-corrected chi connectivity index (χ0v) is 7.85. The minimum atomic E-state index is 0.104. The molecule has 0 heterocycles. The van der Waals surface area contributed by atoms with Gasteiger partial charge in [0.15, 0.2) is 0 Å². The fourth-order valence-electron chi connectivity index (χ4n) is 1.02. The van der Waals surface area contributed by atoms with E-state index in [-0.39, 0.29) is 11.8 Å². The van der Waals surface area contributed by atoms with Crippen LogP contribution in [0.4, 0.5) is 0 Å². The van der Waals surface area contributed by atoms with E-state index in [0.717, 1.165) is 6.42 Å². The van der Waals surface area contributed by atoms with Crippen molar-refractivity contribution in [2.24, 2.45) is 5.92 Å². The van der Waals surface area contributed by atoms with Crippen LogP contribution in [0.15, 0.2) is 0 Å². The van der Waals surface area contributed by atoms with Crippen LogP contribution in [0.2, 0.25) is 0 Å². The highest BCUT2D eigenvalue weighted by molar-refractivity contribution is 7.99. The number of carbonyl (C=O) groups is 1. The average Bonchev–Trinajstić information content (AvgIpc) is 2.80. The van der Waals surface area contributed by atoms with Gasteiger partial charge in [0.1, 0.15) is 0 Å². The molecule has 0 radical (unpaired) electrons. The zero-order valence-electron chi connectivity index (χ0n) is 7.03. The highest BCUT2D eigenvalue weighted by Crippen LogP contribution is 2.41. The molecule has 0 N–H and O–H groups in total. The maximum absolute atomic E-state index is 11.3. The molecule has 0 aromatic rings. The molecule has 0 saturated heterocycles. The van der Waals surface area contributed by atoms with Gasteiger partial charge >= 0.3 is 0 Å². The van der Waals surface area contributed by atoms with Crippen LogP contribution in [0.3, 0.4) is 0 Å². The molecule has 0 aromatic carbocycles. The van der Waals surface area contributed by atoms with Gasteiger partial charge in [-0.2, -0.15) is 11.8 Å². The SMILES string of the molecule is CON(C)C(=O)C1CC1SC. The summed E-state index contributed by atoms with van der Waals surface area (Å²) >= 11 is 1.75. The summed E-state index contributed by atoms with van der Waals surface area (Å²) in [5, 5.41) is 1.83. The Morgan fingerprint density at radius 1 is 1.73 bits per heavy atom. The first-order valence-corrected chi connectivity index (χ1v) is 4.84. The monoisotopic (exact) mass is 175 g/mol. The largest absolute Gasteiger partial charge is 0.275 e. The van der Waals surface area contributed by atoms with Crippen molar-refractivity contribution in [3.05, 3.63) is 0 Å². The summed E-state index contributed by atoms with van der Waals surface area (Å²) in [7, 11) is 3.16. The van der Waals surface area contributed by atoms with Gasteiger partial charge in [-0.15, -0.1) is 0 Å². The Labute approximate surface area is 71.0 Å². The molecule has 1 aliphatic rings. The molecule has 2 atom stereocenters. The standard InChI is InChI=1S/C7H13NO2S/c1-8(10-2)7(9)5-4-6(5)11-3/h5-6H,4H2,1-3H3. The minimum absolute atomic E-state index is 0.104. The number of amides is 1. The molecule has 1 aliphatic carbocycles. The second kappa shape index (κ2) is 3.45. The first-order chi connectivity index (χ1) is 5.20. The van der Waals surface area contributed by atoms with Crippen LogP contribution in [0, 0.1) is 5.92 Å². The fraction of sp³-hybridized carbons (Fsp3) is 0.857. The Morgan fingerprint density at radius 2 is 2.36 bits per heavy atom. The molecule has 11 heavy (non-hydrogen) atoms. The Balaban J connectivity index is 2.33. The number of thioether (sulfide) groups is 1. The number of hydrogen-bond acceptors (Lipinski definition) is 3. The van der Waals surface area contributed by atoms with Crippen molar-refractivity contribution in [3.63, 3.8) is 0 Å². The van der Waals surface area contributed by atoms with Crippen molar-refractivity contribution in [2.45, 2.75) is 11.7 Å². The second-order valence-corrected chi connectivity index (χ2v) is 3.71. The summed E-state index contributed by atoms with van der Waals surface area (Å²) in [6.45, 7) is 0. The topological polar surface area (TPSA) is 29.5 Å². The van der Waals surface area contributed by atoms with Crippen LogP contribution in [-0.4, -0.2) is 36.6 Å². The van der Waals surface area contributed by atoms with Gasteiger partial charge in [0, 0.05) is 12.3 Å². The quantitative estimate of drug-likeness (QED) is 0.593. The molecule has 0 spiro atoms. The molecule has 0 aliphatic heterocycles. The van der Waals surface area contributed by atoms with Gasteiger partial charge in [-0.25, -0.2) is 5.06 Å². The average molecular weight is 175 g/mol. The van der Waals surface area contributed by atoms with Gasteiger partial charge in [0.05, 0.1) is 13.0 Å². The molecule has 64 valence electrons. The maximum atomic E-state index is 11.3. The van der Waals surface area contributed by atoms with Crippen molar-refractivity contribution >= 4 is 17.7 Å². The molecule has 1 fully saturated rings. The third kappa shape index (κ3) is 1.87. The lowest BCUT2D eigenvalue weighted by molar-refractivity contribution is -0.170. The number of hydrogen-bond donors (Lipinski definition) is 0. The smallest absolute Gasteiger partial charge is 0.250 e. The fourth-order valence-corrected chi connectivity index (χ4v) is 1.86. The summed E-state index contributed by atoms with van der Waals surface area (Å²) in [6.07, 6.45) is 3.04. The Hall–Kier alpha value is -0.220. The predicted molar refractivity (Wildman–Crippen MR) is 45.2 cm³/mol. The molecule has 3 nitrogen and oxygen atoms in total. The third-order valence-corrected chi connectivity index (χ3v) is 3.06. The summed E-state index contributed by atoms with van der Waals surface area (Å²) in [5.41, 5.74) is 0. The Kier molecular flexibility index (Phi) is 2.78. The van der Waals surface area contributed by atoms with E-state index in [1.165, 1.54) is 12.2 Å². The number of carbonyl (C=O) groups excluding carboxylic acids is 1. The summed E-state index contributed by atoms with van der Waals surface area (Å²) in [4.78, 5) is 16.1. The summed E-state index contributed by atoms with van der Waals surface area (Å²) in [5.74, 6) is 0.307. The first-order valence-electron chi connectivity index (χ1n) is 3.55. The van der Waals surface area contributed by atoms with E-state index in [0.29, 0.717) is 5.25 Å². The highest BCUT2D eigenvalue weighted by Gasteiger charge is 2.43. The normalized spacial score (nSPS) is 28.3. The predicted octanol–water partition coefficient (Wildman–Crippen LogP) is 0.758. The molecular formula is C7H13NO2S. The highest BCUT2D eigenvalue weighted by atomic mass is 32.2.